The number of aryl methyl sites for hydroxylation is 1. The minimum absolute atomic E-state index is 0.0646. The van der Waals surface area contributed by atoms with Crippen molar-refractivity contribution in [1.29, 1.82) is 0 Å². The second kappa shape index (κ2) is 8.15. The van der Waals surface area contributed by atoms with E-state index < -0.39 is 17.3 Å². The summed E-state index contributed by atoms with van der Waals surface area (Å²) in [5.74, 6) is -0.287. The quantitative estimate of drug-likeness (QED) is 0.341. The van der Waals surface area contributed by atoms with E-state index in [2.05, 4.69) is 4.98 Å². The molecular formula is C26H22F4N2O. The molecule has 0 saturated carbocycles. The highest BCUT2D eigenvalue weighted by atomic mass is 19.4. The molecule has 0 radical (unpaired) electrons. The van der Waals surface area contributed by atoms with Crippen LogP contribution in [0.2, 0.25) is 0 Å². The molecular weight excluding hydrogens is 432 g/mol. The lowest BCUT2D eigenvalue weighted by Gasteiger charge is -2.14. The first kappa shape index (κ1) is 22.7. The molecule has 0 aliphatic rings. The van der Waals surface area contributed by atoms with Crippen LogP contribution < -0.4 is 0 Å². The van der Waals surface area contributed by atoms with Crippen LogP contribution in [0.4, 0.5) is 17.6 Å². The molecule has 0 aliphatic heterocycles. The van der Waals surface area contributed by atoms with Crippen molar-refractivity contribution >= 4 is 0 Å². The Hall–Kier alpha value is -3.45. The fraction of sp³-hybridized carbons (Fsp3) is 0.192. The summed E-state index contributed by atoms with van der Waals surface area (Å²) in [6, 6.07) is 16.8. The van der Waals surface area contributed by atoms with Gasteiger partial charge in [0, 0.05) is 17.4 Å². The van der Waals surface area contributed by atoms with Crippen LogP contribution in [0.1, 0.15) is 30.7 Å². The van der Waals surface area contributed by atoms with E-state index in [1.165, 1.54) is 54.9 Å². The molecule has 0 aliphatic carbocycles. The van der Waals surface area contributed by atoms with Gasteiger partial charge in [0.2, 0.25) is 0 Å². The van der Waals surface area contributed by atoms with Gasteiger partial charge >= 0.3 is 6.18 Å². The first-order valence-corrected chi connectivity index (χ1v) is 10.3. The Labute approximate surface area is 189 Å². The molecule has 1 aromatic heterocycles. The van der Waals surface area contributed by atoms with Crippen molar-refractivity contribution < 1.29 is 22.7 Å². The Kier molecular flexibility index (Phi) is 5.62. The van der Waals surface area contributed by atoms with Gasteiger partial charge in [0.05, 0.1) is 11.3 Å². The number of nitrogens with zero attached hydrogens (tertiary/aromatic N) is 2. The standard InChI is InChI=1S/C26H22F4N2O/c1-16-8-11-18(27)14-21(16)17-9-12-19(13-10-17)32-15-23(25(2,3)33)31-24(32)20-6-4-5-7-22(20)26(28,29)30/h4-15,33H,1-3H3. The van der Waals surface area contributed by atoms with E-state index in [9.17, 15) is 22.7 Å². The normalized spacial score (nSPS) is 12.2. The molecule has 170 valence electrons. The minimum Gasteiger partial charge on any atom is -0.384 e. The van der Waals surface area contributed by atoms with E-state index in [-0.39, 0.29) is 22.9 Å². The maximum atomic E-state index is 13.7. The molecule has 0 fully saturated rings. The lowest BCUT2D eigenvalue weighted by molar-refractivity contribution is -0.137. The molecule has 0 saturated heterocycles. The minimum atomic E-state index is -4.57. The summed E-state index contributed by atoms with van der Waals surface area (Å²) >= 11 is 0. The number of halogens is 4. The fourth-order valence-corrected chi connectivity index (χ4v) is 3.69. The third-order valence-corrected chi connectivity index (χ3v) is 5.46. The average molecular weight is 454 g/mol. The average Bonchev–Trinajstić information content (AvgIpc) is 3.21. The maximum Gasteiger partial charge on any atom is 0.417 e. The van der Waals surface area contributed by atoms with E-state index in [4.69, 9.17) is 0 Å². The number of imidazole rings is 1. The molecule has 1 N–H and O–H groups in total. The number of aromatic nitrogens is 2. The van der Waals surface area contributed by atoms with Gasteiger partial charge in [-0.05, 0) is 67.8 Å². The third-order valence-electron chi connectivity index (χ3n) is 5.46. The number of aliphatic hydroxyl groups is 1. The summed E-state index contributed by atoms with van der Waals surface area (Å²) in [4.78, 5) is 4.37. The second-order valence-electron chi connectivity index (χ2n) is 8.43. The van der Waals surface area contributed by atoms with Crippen LogP contribution in [0.15, 0.2) is 72.9 Å². The SMILES string of the molecule is Cc1ccc(F)cc1-c1ccc(-n2cc(C(C)(C)O)nc2-c2ccccc2C(F)(F)F)cc1. The van der Waals surface area contributed by atoms with Crippen molar-refractivity contribution in [2.45, 2.75) is 32.5 Å². The second-order valence-corrected chi connectivity index (χ2v) is 8.43. The number of benzene rings is 3. The Bertz CT molecular complexity index is 1300. The van der Waals surface area contributed by atoms with Gasteiger partial charge in [0.15, 0.2) is 0 Å². The van der Waals surface area contributed by atoms with Crippen LogP contribution in [0, 0.1) is 12.7 Å². The van der Waals surface area contributed by atoms with Gasteiger partial charge in [-0.25, -0.2) is 9.37 Å². The number of rotatable bonds is 4. The van der Waals surface area contributed by atoms with E-state index in [0.717, 1.165) is 22.8 Å². The molecule has 3 nitrogen and oxygen atoms in total. The maximum absolute atomic E-state index is 13.7. The molecule has 33 heavy (non-hydrogen) atoms. The molecule has 0 unspecified atom stereocenters. The summed E-state index contributed by atoms with van der Waals surface area (Å²) in [6.07, 6.45) is -3.04. The highest BCUT2D eigenvalue weighted by Crippen LogP contribution is 2.38. The van der Waals surface area contributed by atoms with E-state index >= 15 is 0 Å². The van der Waals surface area contributed by atoms with Crippen LogP contribution in [-0.4, -0.2) is 14.7 Å². The molecule has 7 heteroatoms. The van der Waals surface area contributed by atoms with Gasteiger partial charge < -0.3 is 5.11 Å². The fourth-order valence-electron chi connectivity index (χ4n) is 3.69. The monoisotopic (exact) mass is 454 g/mol. The molecule has 0 amide bonds. The van der Waals surface area contributed by atoms with Gasteiger partial charge in [-0.1, -0.05) is 36.4 Å². The van der Waals surface area contributed by atoms with E-state index in [0.29, 0.717) is 5.69 Å². The number of hydrogen-bond acceptors (Lipinski definition) is 2. The van der Waals surface area contributed by atoms with Crippen LogP contribution in [0.25, 0.3) is 28.2 Å². The van der Waals surface area contributed by atoms with Gasteiger partial charge in [-0.2, -0.15) is 13.2 Å². The lowest BCUT2D eigenvalue weighted by atomic mass is 10.00. The number of hydrogen-bond donors (Lipinski definition) is 1. The summed E-state index contributed by atoms with van der Waals surface area (Å²) in [6.45, 7) is 4.92. The molecule has 1 heterocycles. The molecule has 4 aromatic rings. The zero-order valence-electron chi connectivity index (χ0n) is 18.3. The van der Waals surface area contributed by atoms with Gasteiger partial charge in [0.1, 0.15) is 17.2 Å². The summed E-state index contributed by atoms with van der Waals surface area (Å²) in [7, 11) is 0. The van der Waals surface area contributed by atoms with Crippen LogP contribution >= 0.6 is 0 Å². The topological polar surface area (TPSA) is 38.0 Å². The van der Waals surface area contributed by atoms with Crippen molar-refractivity contribution in [3.05, 3.63) is 95.6 Å². The van der Waals surface area contributed by atoms with Crippen molar-refractivity contribution in [3.63, 3.8) is 0 Å². The third kappa shape index (κ3) is 4.54. The first-order valence-electron chi connectivity index (χ1n) is 10.3. The Balaban J connectivity index is 1.87. The van der Waals surface area contributed by atoms with Crippen LogP contribution in [-0.2, 0) is 11.8 Å². The van der Waals surface area contributed by atoms with Gasteiger partial charge in [0.25, 0.3) is 0 Å². The molecule has 4 rings (SSSR count). The molecule has 3 aromatic carbocycles. The summed E-state index contributed by atoms with van der Waals surface area (Å²) < 4.78 is 56.4. The Morgan fingerprint density at radius 3 is 2.18 bits per heavy atom. The largest absolute Gasteiger partial charge is 0.417 e. The van der Waals surface area contributed by atoms with Crippen molar-refractivity contribution in [2.75, 3.05) is 0 Å². The number of alkyl halides is 3. The van der Waals surface area contributed by atoms with E-state index in [1.54, 1.807) is 30.3 Å². The predicted octanol–water partition coefficient (Wildman–Crippen LogP) is 6.90. The van der Waals surface area contributed by atoms with Crippen molar-refractivity contribution in [3.8, 4) is 28.2 Å². The highest BCUT2D eigenvalue weighted by molar-refractivity contribution is 5.69. The van der Waals surface area contributed by atoms with Gasteiger partial charge in [-0.15, -0.1) is 0 Å². The summed E-state index contributed by atoms with van der Waals surface area (Å²) in [5, 5.41) is 10.5. The highest BCUT2D eigenvalue weighted by Gasteiger charge is 2.35. The molecule has 0 spiro atoms. The predicted molar refractivity (Wildman–Crippen MR) is 119 cm³/mol. The zero-order valence-corrected chi connectivity index (χ0v) is 18.3. The van der Waals surface area contributed by atoms with Crippen LogP contribution in [0.5, 0.6) is 0 Å². The Morgan fingerprint density at radius 2 is 1.55 bits per heavy atom. The van der Waals surface area contributed by atoms with Crippen molar-refractivity contribution in [2.24, 2.45) is 0 Å². The van der Waals surface area contributed by atoms with Crippen molar-refractivity contribution in [1.82, 2.24) is 9.55 Å². The van der Waals surface area contributed by atoms with Crippen LogP contribution in [0.3, 0.4) is 0 Å². The van der Waals surface area contributed by atoms with Gasteiger partial charge in [-0.3, -0.25) is 4.57 Å². The smallest absolute Gasteiger partial charge is 0.384 e. The summed E-state index contributed by atoms with van der Waals surface area (Å²) in [5.41, 5.74) is 0.934. The zero-order chi connectivity index (χ0) is 24.0. The first-order chi connectivity index (χ1) is 15.4. The lowest BCUT2D eigenvalue weighted by Crippen LogP contribution is -2.15. The van der Waals surface area contributed by atoms with E-state index in [1.807, 2.05) is 6.92 Å². The molecule has 0 bridgehead atoms. The Morgan fingerprint density at radius 1 is 0.879 bits per heavy atom. The molecule has 0 atom stereocenters.